The molecule has 4 aromatic heterocycles. The van der Waals surface area contributed by atoms with Crippen LogP contribution >= 0.6 is 45.3 Å². The molecule has 392 valence electrons. The zero-order valence-corrected chi connectivity index (χ0v) is 50.0. The average molecular weight is 1040 g/mol. The fourth-order valence-electron chi connectivity index (χ4n) is 9.00. The lowest BCUT2D eigenvalue weighted by Crippen LogP contribution is -2.48. The van der Waals surface area contributed by atoms with Crippen molar-refractivity contribution in [3.05, 3.63) is 105 Å². The lowest BCUT2D eigenvalue weighted by atomic mass is 10.1. The number of rotatable bonds is 20. The van der Waals surface area contributed by atoms with Crippen LogP contribution in [0.3, 0.4) is 0 Å². The van der Waals surface area contributed by atoms with Crippen molar-refractivity contribution < 1.29 is 18.7 Å². The maximum atomic E-state index is 6.02. The largest absolute Gasteiger partial charge is 0.492 e. The van der Waals surface area contributed by atoms with Crippen LogP contribution in [0, 0.1) is 76.2 Å². The monoisotopic (exact) mass is 1040 g/mol. The topological polar surface area (TPSA) is 47.1 Å². The molecule has 7 heterocycles. The third-order valence-corrected chi connectivity index (χ3v) is 18.5. The lowest BCUT2D eigenvalue weighted by molar-refractivity contribution is -0.923. The van der Waals surface area contributed by atoms with Crippen LogP contribution in [0.4, 0.5) is 0 Å². The van der Waals surface area contributed by atoms with Crippen molar-refractivity contribution >= 4 is 45.3 Å². The summed E-state index contributed by atoms with van der Waals surface area (Å²) in [5, 5.41) is 0. The molecule has 0 radical (unpaired) electrons. The van der Waals surface area contributed by atoms with E-state index in [1.807, 2.05) is 45.3 Å². The van der Waals surface area contributed by atoms with Gasteiger partial charge < -0.3 is 48.1 Å². The van der Waals surface area contributed by atoms with E-state index in [9.17, 15) is 0 Å². The fourth-order valence-corrected chi connectivity index (χ4v) is 13.0. The number of nitrogens with zero attached hydrogens (tertiary/aromatic N) is 7. The van der Waals surface area contributed by atoms with Crippen LogP contribution in [0.2, 0.25) is 0 Å². The number of hydrogen-bond donors (Lipinski definition) is 0. The highest BCUT2D eigenvalue weighted by Crippen LogP contribution is 2.35. The molecule has 0 N–H and O–H groups in total. The second-order valence-electron chi connectivity index (χ2n) is 19.3. The Labute approximate surface area is 442 Å². The van der Waals surface area contributed by atoms with E-state index in [0.29, 0.717) is 6.17 Å². The minimum absolute atomic E-state index is 0.431. The third kappa shape index (κ3) is 17.2. The highest BCUT2D eigenvalue weighted by molar-refractivity contribution is 7.13. The number of aryl methyl sites for hydroxylation is 9. The van der Waals surface area contributed by atoms with Crippen molar-refractivity contribution in [1.29, 1.82) is 0 Å². The van der Waals surface area contributed by atoms with Crippen molar-refractivity contribution in [3.63, 3.8) is 0 Å². The fraction of sp³-hybridized carbons (Fsp3) is 0.607. The van der Waals surface area contributed by atoms with Crippen molar-refractivity contribution in [1.82, 2.24) is 29.4 Å². The summed E-state index contributed by atoms with van der Waals surface area (Å²) in [7, 11) is 6.29. The van der Waals surface area contributed by atoms with Gasteiger partial charge in [-0.3, -0.25) is 0 Å². The molecule has 0 bridgehead atoms. The number of ether oxygens (including phenoxy) is 3. The van der Waals surface area contributed by atoms with Gasteiger partial charge in [0.1, 0.15) is 30.5 Å². The summed E-state index contributed by atoms with van der Waals surface area (Å²) in [6, 6.07) is 2.34. The molecule has 0 aromatic carbocycles. The minimum atomic E-state index is 0.431. The van der Waals surface area contributed by atoms with Crippen molar-refractivity contribution in [2.24, 2.45) is 0 Å². The minimum Gasteiger partial charge on any atom is -0.492 e. The van der Waals surface area contributed by atoms with Gasteiger partial charge in [-0.05, 0) is 128 Å². The highest BCUT2D eigenvalue weighted by atomic mass is 32.1. The molecule has 7 rings (SSSR count). The van der Waals surface area contributed by atoms with Gasteiger partial charge in [0.25, 0.3) is 0 Å². The molecule has 3 aliphatic rings. The molecule has 70 heavy (non-hydrogen) atoms. The maximum absolute atomic E-state index is 6.02. The number of hydrogen-bond acceptors (Lipinski definition) is 13. The molecule has 0 saturated carbocycles. The number of quaternary nitrogens is 1. The standard InChI is InChI=1S/C16H30NOS.C14H22N2OS.C13H20N2OS.C13H20N2S/c1-7-17(8-2,9-3)11-10-12-18-16-13(4)14(5)19-15(16)6;1-10-11(2)18-12(3)14(10)17-9-8-16-7-6-15(5)13(16)4;1-10-11(2)17-12(3)13(10)16-8-7-15-6-5-14(4)9-15;1-11-9-13(12(2)16-11)5-4-6-15-8-7-14(3)10-15/h7-12H2,1-6H3;6-7,13H,8-9H2,1-5H3;5-6H,7-9H2,1-4H3;7-9H,4-6,10H2,1-3H3/q+1;;;. The highest BCUT2D eigenvalue weighted by Gasteiger charge is 2.21. The van der Waals surface area contributed by atoms with E-state index in [4.69, 9.17) is 14.2 Å². The molecule has 10 nitrogen and oxygen atoms in total. The van der Waals surface area contributed by atoms with E-state index < -0.39 is 0 Å². The van der Waals surface area contributed by atoms with Crippen LogP contribution in [-0.2, 0) is 6.42 Å². The summed E-state index contributed by atoms with van der Waals surface area (Å²) in [6.07, 6.45) is 16.8. The zero-order valence-electron chi connectivity index (χ0n) is 46.7. The summed E-state index contributed by atoms with van der Waals surface area (Å²) >= 11 is 7.40. The molecule has 0 fully saturated rings. The van der Waals surface area contributed by atoms with Gasteiger partial charge in [0, 0.05) is 127 Å². The quantitative estimate of drug-likeness (QED) is 0.0636. The Morgan fingerprint density at radius 1 is 0.514 bits per heavy atom. The Morgan fingerprint density at radius 3 is 1.34 bits per heavy atom. The summed E-state index contributed by atoms with van der Waals surface area (Å²) in [4.78, 5) is 24.4. The molecule has 1 atom stereocenters. The Kier molecular flexibility index (Phi) is 23.9. The predicted molar refractivity (Wildman–Crippen MR) is 306 cm³/mol. The van der Waals surface area contributed by atoms with Gasteiger partial charge in [-0.2, -0.15) is 0 Å². The lowest BCUT2D eigenvalue weighted by Gasteiger charge is -2.35. The molecule has 0 aliphatic carbocycles. The summed E-state index contributed by atoms with van der Waals surface area (Å²) in [6.45, 7) is 45.1. The predicted octanol–water partition coefficient (Wildman–Crippen LogP) is 13.1. The second-order valence-corrected chi connectivity index (χ2v) is 25.1. The Hall–Kier alpha value is -3.82. The second kappa shape index (κ2) is 28.4. The molecule has 0 amide bonds. The molecule has 1 unspecified atom stereocenters. The van der Waals surface area contributed by atoms with Crippen molar-refractivity contribution in [3.8, 4) is 17.2 Å². The van der Waals surface area contributed by atoms with Gasteiger partial charge in [0.15, 0.2) is 0 Å². The van der Waals surface area contributed by atoms with Gasteiger partial charge in [-0.15, -0.1) is 45.3 Å². The van der Waals surface area contributed by atoms with E-state index in [2.05, 4.69) is 198 Å². The normalized spacial score (nSPS) is 15.1. The van der Waals surface area contributed by atoms with Gasteiger partial charge >= 0.3 is 0 Å². The van der Waals surface area contributed by atoms with Crippen molar-refractivity contribution in [2.75, 3.05) is 100 Å². The summed E-state index contributed by atoms with van der Waals surface area (Å²) < 4.78 is 19.1. The van der Waals surface area contributed by atoms with E-state index in [0.717, 1.165) is 76.5 Å². The van der Waals surface area contributed by atoms with E-state index >= 15 is 0 Å². The van der Waals surface area contributed by atoms with E-state index in [1.165, 1.54) is 99.2 Å². The zero-order chi connectivity index (χ0) is 51.7. The van der Waals surface area contributed by atoms with Gasteiger partial charge in [0.05, 0.1) is 65.4 Å². The Bertz CT molecular complexity index is 2280. The van der Waals surface area contributed by atoms with Gasteiger partial charge in [-0.25, -0.2) is 0 Å². The van der Waals surface area contributed by atoms with Crippen molar-refractivity contribution in [2.45, 2.75) is 129 Å². The molecule has 0 saturated heterocycles. The smallest absolute Gasteiger partial charge is 0.136 e. The van der Waals surface area contributed by atoms with Crippen LogP contribution in [0.1, 0.15) is 102 Å². The van der Waals surface area contributed by atoms with Crippen LogP contribution < -0.4 is 14.2 Å². The molecule has 3 aliphatic heterocycles. The molecular weight excluding hydrogens is 947 g/mol. The van der Waals surface area contributed by atoms with E-state index in [1.54, 1.807) is 5.56 Å². The van der Waals surface area contributed by atoms with Gasteiger partial charge in [-0.1, -0.05) is 0 Å². The van der Waals surface area contributed by atoms with Gasteiger partial charge in [0.2, 0.25) is 0 Å². The SMILES string of the molecule is CC[N+](CC)(CC)CCCOc1c(C)sc(C)c1C.Cc1cc(CCCN2C=CN(C)C2)c(C)s1.Cc1sc(C)c(OCCN2C=CN(C)C2)c1C.Cc1sc(C)c(OCCN2C=CN(C)C2C)c1C. The first-order valence-electron chi connectivity index (χ1n) is 25.6. The Balaban J connectivity index is 0.000000203. The Morgan fingerprint density at radius 2 is 0.971 bits per heavy atom. The summed E-state index contributed by atoms with van der Waals surface area (Å²) in [5.41, 5.74) is 5.45. The van der Waals surface area contributed by atoms with Crippen LogP contribution in [0.15, 0.2) is 43.3 Å². The summed E-state index contributed by atoms with van der Waals surface area (Å²) in [5.74, 6) is 3.30. The first-order chi connectivity index (χ1) is 33.2. The first-order valence-corrected chi connectivity index (χ1v) is 28.9. The molecular formula is C56H92N7O3S4+. The molecule has 14 heteroatoms. The van der Waals surface area contributed by atoms with Crippen LogP contribution in [0.5, 0.6) is 17.2 Å². The van der Waals surface area contributed by atoms with Crippen LogP contribution in [-0.4, -0.2) is 140 Å². The van der Waals surface area contributed by atoms with Crippen LogP contribution in [0.25, 0.3) is 0 Å². The number of thiophene rings is 4. The maximum Gasteiger partial charge on any atom is 0.136 e. The first kappa shape index (κ1) is 58.7. The van der Waals surface area contributed by atoms with E-state index in [-0.39, 0.29) is 0 Å². The molecule has 4 aromatic rings. The molecule has 0 spiro atoms. The third-order valence-electron chi connectivity index (χ3n) is 14.2. The average Bonchev–Trinajstić information content (AvgIpc) is 4.20.